The van der Waals surface area contributed by atoms with Crippen molar-refractivity contribution in [1.82, 2.24) is 14.8 Å². The average molecular weight is 398 g/mol. The topological polar surface area (TPSA) is 28.6 Å². The molecule has 0 bridgehead atoms. The van der Waals surface area contributed by atoms with Gasteiger partial charge in [-0.2, -0.15) is 11.3 Å². The molecule has 0 radical (unpaired) electrons. The smallest absolute Gasteiger partial charge is 0.124 e. The van der Waals surface area contributed by atoms with E-state index in [9.17, 15) is 0 Å². The number of piperazine rings is 1. The molecule has 140 valence electrons. The Bertz CT molecular complexity index is 898. The quantitative estimate of drug-likeness (QED) is 0.647. The first-order valence-electron chi connectivity index (χ1n) is 9.50. The first-order chi connectivity index (χ1) is 13.3. The van der Waals surface area contributed by atoms with Crippen molar-refractivity contribution in [3.05, 3.63) is 57.2 Å². The van der Waals surface area contributed by atoms with Crippen molar-refractivity contribution in [2.75, 3.05) is 32.8 Å². The summed E-state index contributed by atoms with van der Waals surface area (Å²) in [5.74, 6) is 1.08. The van der Waals surface area contributed by atoms with Crippen molar-refractivity contribution >= 4 is 22.7 Å². The van der Waals surface area contributed by atoms with Gasteiger partial charge in [-0.25, -0.2) is 4.98 Å². The van der Waals surface area contributed by atoms with Crippen LogP contribution in [0.5, 0.6) is 5.75 Å². The van der Waals surface area contributed by atoms with Crippen molar-refractivity contribution in [2.24, 2.45) is 0 Å². The van der Waals surface area contributed by atoms with E-state index in [4.69, 9.17) is 9.72 Å². The number of hydrogen-bond acceptors (Lipinski definition) is 6. The molecule has 2 aliphatic rings. The zero-order chi connectivity index (χ0) is 18.1. The fourth-order valence-corrected chi connectivity index (χ4v) is 5.35. The molecular formula is C21H23N3OS2. The van der Waals surface area contributed by atoms with Crippen LogP contribution < -0.4 is 4.74 Å². The van der Waals surface area contributed by atoms with Gasteiger partial charge in [0.05, 0.1) is 12.3 Å². The van der Waals surface area contributed by atoms with E-state index in [1.807, 2.05) is 0 Å². The fourth-order valence-electron chi connectivity index (χ4n) is 3.83. The lowest BCUT2D eigenvalue weighted by molar-refractivity contribution is 0.121. The minimum absolute atomic E-state index is 0.836. The first-order valence-corrected chi connectivity index (χ1v) is 11.3. The maximum atomic E-state index is 5.61. The second kappa shape index (κ2) is 7.72. The van der Waals surface area contributed by atoms with Crippen LogP contribution in [0.15, 0.2) is 40.4 Å². The lowest BCUT2D eigenvalue weighted by Gasteiger charge is -2.34. The molecule has 2 aliphatic heterocycles. The third-order valence-electron chi connectivity index (χ3n) is 5.33. The zero-order valence-electron chi connectivity index (χ0n) is 15.3. The summed E-state index contributed by atoms with van der Waals surface area (Å²) in [5, 5.41) is 7.65. The fraction of sp³-hybridized carbons (Fsp3) is 0.381. The molecule has 2 aromatic heterocycles. The summed E-state index contributed by atoms with van der Waals surface area (Å²) in [5.41, 5.74) is 5.23. The highest BCUT2D eigenvalue weighted by atomic mass is 32.1. The molecular weight excluding hydrogens is 374 g/mol. The van der Waals surface area contributed by atoms with E-state index in [0.717, 1.165) is 63.1 Å². The Kier molecular flexibility index (Phi) is 4.97. The van der Waals surface area contributed by atoms with Crippen LogP contribution in [-0.4, -0.2) is 47.6 Å². The van der Waals surface area contributed by atoms with Gasteiger partial charge in [-0.1, -0.05) is 12.1 Å². The second-order valence-corrected chi connectivity index (χ2v) is 8.89. The van der Waals surface area contributed by atoms with E-state index in [1.54, 1.807) is 22.7 Å². The minimum Gasteiger partial charge on any atom is -0.493 e. The Labute approximate surface area is 168 Å². The van der Waals surface area contributed by atoms with E-state index < -0.39 is 0 Å². The molecule has 1 fully saturated rings. The lowest BCUT2D eigenvalue weighted by atomic mass is 10.1. The standard InChI is InChI=1S/C21H23N3OS2/c1-2-20-17(3-9-25-20)11-16(1)12-23-5-7-24(8-6-23)13-19-15-27-21(22-19)18-4-10-26-14-18/h1-2,4,10-11,14-15H,3,5-9,12-13H2. The molecule has 0 N–H and O–H groups in total. The number of thiazole rings is 1. The number of hydrogen-bond donors (Lipinski definition) is 0. The zero-order valence-corrected chi connectivity index (χ0v) is 16.9. The minimum atomic E-state index is 0.836. The number of benzene rings is 1. The molecule has 0 amide bonds. The number of rotatable bonds is 5. The highest BCUT2D eigenvalue weighted by Gasteiger charge is 2.19. The highest BCUT2D eigenvalue weighted by molar-refractivity contribution is 7.14. The van der Waals surface area contributed by atoms with E-state index in [0.29, 0.717) is 0 Å². The van der Waals surface area contributed by atoms with Gasteiger partial charge in [0.15, 0.2) is 0 Å². The van der Waals surface area contributed by atoms with Gasteiger partial charge in [-0.05, 0) is 28.6 Å². The molecule has 0 spiro atoms. The Morgan fingerprint density at radius 1 is 1.00 bits per heavy atom. The molecule has 4 nitrogen and oxygen atoms in total. The number of ether oxygens (including phenoxy) is 1. The third-order valence-corrected chi connectivity index (χ3v) is 6.95. The molecule has 1 aromatic carbocycles. The highest BCUT2D eigenvalue weighted by Crippen LogP contribution is 2.27. The van der Waals surface area contributed by atoms with Gasteiger partial charge in [0.1, 0.15) is 10.8 Å². The molecule has 4 heterocycles. The molecule has 0 atom stereocenters. The van der Waals surface area contributed by atoms with Gasteiger partial charge in [0.2, 0.25) is 0 Å². The maximum Gasteiger partial charge on any atom is 0.124 e. The summed E-state index contributed by atoms with van der Waals surface area (Å²) in [6, 6.07) is 8.84. The Hall–Kier alpha value is -1.73. The maximum absolute atomic E-state index is 5.61. The summed E-state index contributed by atoms with van der Waals surface area (Å²) in [6.07, 6.45) is 1.05. The van der Waals surface area contributed by atoms with E-state index in [1.165, 1.54) is 22.4 Å². The van der Waals surface area contributed by atoms with E-state index >= 15 is 0 Å². The third kappa shape index (κ3) is 3.94. The van der Waals surface area contributed by atoms with Gasteiger partial charge in [0, 0.05) is 62.0 Å². The van der Waals surface area contributed by atoms with Crippen LogP contribution in [0.25, 0.3) is 10.6 Å². The van der Waals surface area contributed by atoms with Crippen LogP contribution >= 0.6 is 22.7 Å². The summed E-state index contributed by atoms with van der Waals surface area (Å²) >= 11 is 3.49. The van der Waals surface area contributed by atoms with Crippen LogP contribution in [0.3, 0.4) is 0 Å². The molecule has 1 saturated heterocycles. The Morgan fingerprint density at radius 3 is 2.67 bits per heavy atom. The Balaban J connectivity index is 1.14. The van der Waals surface area contributed by atoms with Crippen molar-refractivity contribution in [3.63, 3.8) is 0 Å². The van der Waals surface area contributed by atoms with Gasteiger partial charge >= 0.3 is 0 Å². The van der Waals surface area contributed by atoms with Gasteiger partial charge in [-0.3, -0.25) is 9.80 Å². The molecule has 0 aliphatic carbocycles. The molecule has 5 rings (SSSR count). The number of aromatic nitrogens is 1. The van der Waals surface area contributed by atoms with Crippen molar-refractivity contribution in [3.8, 4) is 16.3 Å². The second-order valence-electron chi connectivity index (χ2n) is 7.25. The largest absolute Gasteiger partial charge is 0.493 e. The van der Waals surface area contributed by atoms with Crippen molar-refractivity contribution in [2.45, 2.75) is 19.5 Å². The van der Waals surface area contributed by atoms with Crippen LogP contribution in [0, 0.1) is 0 Å². The number of nitrogens with zero attached hydrogens (tertiary/aromatic N) is 3. The van der Waals surface area contributed by atoms with E-state index in [2.05, 4.69) is 50.2 Å². The average Bonchev–Trinajstić information content (AvgIpc) is 3.44. The predicted molar refractivity (Wildman–Crippen MR) is 112 cm³/mol. The number of thiophene rings is 1. The normalized spacial score (nSPS) is 17.8. The predicted octanol–water partition coefficient (Wildman–Crippen LogP) is 4.12. The van der Waals surface area contributed by atoms with Crippen LogP contribution in [0.2, 0.25) is 0 Å². The number of fused-ring (bicyclic) bond motifs is 1. The summed E-state index contributed by atoms with van der Waals surface area (Å²) < 4.78 is 5.61. The van der Waals surface area contributed by atoms with Crippen LogP contribution in [0.4, 0.5) is 0 Å². The first kappa shape index (κ1) is 17.4. The van der Waals surface area contributed by atoms with Crippen molar-refractivity contribution < 1.29 is 4.74 Å². The molecule has 6 heteroatoms. The summed E-state index contributed by atoms with van der Waals surface area (Å²) in [6.45, 7) is 7.30. The summed E-state index contributed by atoms with van der Waals surface area (Å²) in [7, 11) is 0. The van der Waals surface area contributed by atoms with Gasteiger partial charge < -0.3 is 4.74 Å². The summed E-state index contributed by atoms with van der Waals surface area (Å²) in [4.78, 5) is 9.91. The monoisotopic (exact) mass is 397 g/mol. The molecule has 27 heavy (non-hydrogen) atoms. The SMILES string of the molecule is c1cc(-c2nc(CN3CCN(Cc4ccc5c(c4)CCO5)CC3)cs2)cs1. The molecule has 0 saturated carbocycles. The van der Waals surface area contributed by atoms with Gasteiger partial charge in [-0.15, -0.1) is 11.3 Å². The Morgan fingerprint density at radius 2 is 1.85 bits per heavy atom. The van der Waals surface area contributed by atoms with Crippen LogP contribution in [0.1, 0.15) is 16.8 Å². The molecule has 0 unspecified atom stereocenters. The lowest BCUT2D eigenvalue weighted by Crippen LogP contribution is -2.45. The van der Waals surface area contributed by atoms with Gasteiger partial charge in [0.25, 0.3) is 0 Å². The van der Waals surface area contributed by atoms with Crippen LogP contribution in [-0.2, 0) is 19.5 Å². The van der Waals surface area contributed by atoms with Crippen molar-refractivity contribution in [1.29, 1.82) is 0 Å². The molecule has 3 aromatic rings. The van der Waals surface area contributed by atoms with E-state index in [-0.39, 0.29) is 0 Å².